The minimum atomic E-state index is 0.399. The molecule has 0 saturated carbocycles. The number of aromatic nitrogens is 2. The largest absolute Gasteiger partial charge is 0.496 e. The van der Waals surface area contributed by atoms with Crippen LogP contribution in [0, 0.1) is 0 Å². The normalized spacial score (nSPS) is 15.5. The lowest BCUT2D eigenvalue weighted by atomic mass is 9.88. The first-order chi connectivity index (χ1) is 11.2. The number of hydrazine groups is 1. The van der Waals surface area contributed by atoms with Gasteiger partial charge in [-0.2, -0.15) is 5.10 Å². The summed E-state index contributed by atoms with van der Waals surface area (Å²) >= 11 is 6.34. The van der Waals surface area contributed by atoms with Crippen LogP contribution in [0.3, 0.4) is 0 Å². The predicted octanol–water partition coefficient (Wildman–Crippen LogP) is 2.81. The van der Waals surface area contributed by atoms with Crippen molar-refractivity contribution in [2.75, 3.05) is 30.5 Å². The zero-order chi connectivity index (χ0) is 16.2. The summed E-state index contributed by atoms with van der Waals surface area (Å²) in [6.07, 6.45) is 3.75. The summed E-state index contributed by atoms with van der Waals surface area (Å²) in [5.41, 5.74) is 4.62. The number of para-hydroxylation sites is 1. The van der Waals surface area contributed by atoms with E-state index in [-0.39, 0.29) is 0 Å². The van der Waals surface area contributed by atoms with Crippen molar-refractivity contribution in [1.82, 2.24) is 10.2 Å². The second kappa shape index (κ2) is 7.02. The monoisotopic (exact) mass is 333 g/mol. The van der Waals surface area contributed by atoms with Gasteiger partial charge in [-0.25, -0.2) is 5.84 Å². The summed E-state index contributed by atoms with van der Waals surface area (Å²) in [6.45, 7) is 1.80. The number of methoxy groups -OCH3 is 1. The molecule has 1 aliphatic heterocycles. The van der Waals surface area contributed by atoms with Crippen LogP contribution in [0.4, 0.5) is 11.5 Å². The number of nitrogens with two attached hydrogens (primary N) is 1. The van der Waals surface area contributed by atoms with Gasteiger partial charge in [-0.1, -0.05) is 29.8 Å². The van der Waals surface area contributed by atoms with Gasteiger partial charge in [0.1, 0.15) is 10.8 Å². The second-order valence-corrected chi connectivity index (χ2v) is 5.92. The zero-order valence-corrected chi connectivity index (χ0v) is 13.8. The number of piperidine rings is 1. The number of nitrogen functional groups attached to an aromatic ring is 1. The maximum Gasteiger partial charge on any atom is 0.183 e. The van der Waals surface area contributed by atoms with Crippen LogP contribution in [0.25, 0.3) is 0 Å². The van der Waals surface area contributed by atoms with Crippen molar-refractivity contribution in [3.8, 4) is 5.75 Å². The van der Waals surface area contributed by atoms with Gasteiger partial charge in [0, 0.05) is 13.1 Å². The molecule has 1 aromatic heterocycles. The molecule has 0 amide bonds. The highest BCUT2D eigenvalue weighted by Gasteiger charge is 2.25. The Labute approximate surface area is 140 Å². The van der Waals surface area contributed by atoms with Crippen LogP contribution in [0.5, 0.6) is 5.75 Å². The van der Waals surface area contributed by atoms with Crippen LogP contribution >= 0.6 is 11.6 Å². The van der Waals surface area contributed by atoms with Gasteiger partial charge in [0.2, 0.25) is 0 Å². The number of hydrogen-bond donors (Lipinski definition) is 2. The summed E-state index contributed by atoms with van der Waals surface area (Å²) in [4.78, 5) is 2.23. The molecular weight excluding hydrogens is 314 g/mol. The van der Waals surface area contributed by atoms with Crippen LogP contribution in [-0.4, -0.2) is 30.4 Å². The summed E-state index contributed by atoms with van der Waals surface area (Å²) < 4.78 is 5.48. The maximum absolute atomic E-state index is 6.34. The van der Waals surface area contributed by atoms with Crippen molar-refractivity contribution in [1.29, 1.82) is 0 Å². The Bertz CT molecular complexity index is 673. The minimum Gasteiger partial charge on any atom is -0.496 e. The Morgan fingerprint density at radius 1 is 1.30 bits per heavy atom. The first-order valence-electron chi connectivity index (χ1n) is 7.60. The van der Waals surface area contributed by atoms with Gasteiger partial charge in [-0.15, -0.1) is 5.10 Å². The van der Waals surface area contributed by atoms with E-state index in [4.69, 9.17) is 22.2 Å². The fourth-order valence-electron chi connectivity index (χ4n) is 3.11. The lowest BCUT2D eigenvalue weighted by Crippen LogP contribution is -2.33. The third kappa shape index (κ3) is 3.18. The predicted molar refractivity (Wildman–Crippen MR) is 92.0 cm³/mol. The van der Waals surface area contributed by atoms with Gasteiger partial charge in [-0.3, -0.25) is 0 Å². The molecule has 0 radical (unpaired) electrons. The SMILES string of the molecule is COc1ccccc1C1CCN(c2cnnc(NN)c2Cl)CC1. The summed E-state index contributed by atoms with van der Waals surface area (Å²) in [7, 11) is 1.72. The number of anilines is 2. The molecule has 1 aromatic carbocycles. The molecule has 1 saturated heterocycles. The first-order valence-corrected chi connectivity index (χ1v) is 7.98. The summed E-state index contributed by atoms with van der Waals surface area (Å²) in [6, 6.07) is 8.23. The van der Waals surface area contributed by atoms with Gasteiger partial charge in [0.25, 0.3) is 0 Å². The van der Waals surface area contributed by atoms with E-state index < -0.39 is 0 Å². The van der Waals surface area contributed by atoms with Crippen LogP contribution in [-0.2, 0) is 0 Å². The smallest absolute Gasteiger partial charge is 0.183 e. The molecule has 3 rings (SSSR count). The van der Waals surface area contributed by atoms with Crippen LogP contribution in [0.15, 0.2) is 30.5 Å². The molecule has 0 unspecified atom stereocenters. The Hall–Kier alpha value is -2.05. The number of nitrogens with zero attached hydrogens (tertiary/aromatic N) is 3. The fourth-order valence-corrected chi connectivity index (χ4v) is 3.37. The molecule has 0 bridgehead atoms. The number of nitrogens with one attached hydrogen (secondary N) is 1. The van der Waals surface area contributed by atoms with Crippen molar-refractivity contribution in [3.05, 3.63) is 41.0 Å². The average Bonchev–Trinajstić information content (AvgIpc) is 2.62. The molecule has 2 aromatic rings. The van der Waals surface area contributed by atoms with Gasteiger partial charge >= 0.3 is 0 Å². The lowest BCUT2D eigenvalue weighted by Gasteiger charge is -2.34. The molecule has 23 heavy (non-hydrogen) atoms. The standard InChI is InChI=1S/C16H20ClN5O/c1-23-14-5-3-2-4-12(14)11-6-8-22(9-7-11)13-10-19-21-16(20-18)15(13)17/h2-5,10-11H,6-9,18H2,1H3,(H,20,21). The first kappa shape index (κ1) is 15.8. The van der Waals surface area contributed by atoms with Gasteiger partial charge < -0.3 is 15.1 Å². The minimum absolute atomic E-state index is 0.399. The topological polar surface area (TPSA) is 76.3 Å². The Kier molecular flexibility index (Phi) is 4.83. The highest BCUT2D eigenvalue weighted by atomic mass is 35.5. The summed E-state index contributed by atoms with van der Waals surface area (Å²) in [5, 5.41) is 8.35. The Morgan fingerprint density at radius 2 is 2.04 bits per heavy atom. The quantitative estimate of drug-likeness (QED) is 0.662. The van der Waals surface area contributed by atoms with Gasteiger partial charge in [0.05, 0.1) is 19.0 Å². The van der Waals surface area contributed by atoms with Crippen LogP contribution < -0.4 is 20.9 Å². The zero-order valence-electron chi connectivity index (χ0n) is 13.0. The van der Waals surface area contributed by atoms with E-state index in [2.05, 4.69) is 32.7 Å². The molecule has 7 heteroatoms. The molecule has 1 fully saturated rings. The maximum atomic E-state index is 6.34. The van der Waals surface area contributed by atoms with E-state index in [0.29, 0.717) is 16.8 Å². The highest BCUT2D eigenvalue weighted by Crippen LogP contribution is 2.37. The third-order valence-electron chi connectivity index (χ3n) is 4.32. The van der Waals surface area contributed by atoms with Gasteiger partial charge in [0.15, 0.2) is 5.82 Å². The van der Waals surface area contributed by atoms with Crippen LogP contribution in [0.2, 0.25) is 5.02 Å². The van der Waals surface area contributed by atoms with E-state index in [1.807, 2.05) is 12.1 Å². The molecule has 122 valence electrons. The summed E-state index contributed by atoms with van der Waals surface area (Å²) in [5.74, 6) is 7.26. The molecule has 1 aliphatic rings. The molecule has 0 spiro atoms. The van der Waals surface area contributed by atoms with Crippen molar-refractivity contribution < 1.29 is 4.74 Å². The molecule has 2 heterocycles. The Morgan fingerprint density at radius 3 is 2.74 bits per heavy atom. The Balaban J connectivity index is 1.74. The van der Waals surface area contributed by atoms with Crippen molar-refractivity contribution in [2.24, 2.45) is 5.84 Å². The number of hydrogen-bond acceptors (Lipinski definition) is 6. The van der Waals surface area contributed by atoms with E-state index in [0.717, 1.165) is 37.4 Å². The second-order valence-electron chi connectivity index (χ2n) is 5.54. The number of halogens is 1. The number of rotatable bonds is 4. The molecule has 6 nitrogen and oxygen atoms in total. The van der Waals surface area contributed by atoms with Gasteiger partial charge in [-0.05, 0) is 30.4 Å². The average molecular weight is 334 g/mol. The van der Waals surface area contributed by atoms with E-state index in [1.54, 1.807) is 13.3 Å². The van der Waals surface area contributed by atoms with E-state index in [9.17, 15) is 0 Å². The fraction of sp³-hybridized carbons (Fsp3) is 0.375. The van der Waals surface area contributed by atoms with E-state index in [1.165, 1.54) is 5.56 Å². The lowest BCUT2D eigenvalue weighted by molar-refractivity contribution is 0.397. The molecule has 0 atom stereocenters. The number of benzene rings is 1. The van der Waals surface area contributed by atoms with Crippen molar-refractivity contribution in [2.45, 2.75) is 18.8 Å². The molecule has 0 aliphatic carbocycles. The molecular formula is C16H20ClN5O. The molecule has 3 N–H and O–H groups in total. The number of ether oxygens (including phenoxy) is 1. The highest BCUT2D eigenvalue weighted by molar-refractivity contribution is 6.35. The van der Waals surface area contributed by atoms with Crippen LogP contribution in [0.1, 0.15) is 24.3 Å². The third-order valence-corrected chi connectivity index (χ3v) is 4.69. The van der Waals surface area contributed by atoms with Crippen molar-refractivity contribution in [3.63, 3.8) is 0 Å². The van der Waals surface area contributed by atoms with Crippen molar-refractivity contribution >= 4 is 23.1 Å². The van der Waals surface area contributed by atoms with E-state index >= 15 is 0 Å².